The van der Waals surface area contributed by atoms with E-state index in [1.54, 1.807) is 13.1 Å². The van der Waals surface area contributed by atoms with Gasteiger partial charge < -0.3 is 15.0 Å². The van der Waals surface area contributed by atoms with E-state index in [0.717, 1.165) is 43.4 Å². The van der Waals surface area contributed by atoms with Crippen LogP contribution in [0.5, 0.6) is 0 Å². The molecular formula is C19H27N5O2. The van der Waals surface area contributed by atoms with Crippen LogP contribution in [0.15, 0.2) is 23.1 Å². The van der Waals surface area contributed by atoms with Gasteiger partial charge in [-0.1, -0.05) is 0 Å². The largest absolute Gasteiger partial charge is 0.379 e. The Morgan fingerprint density at radius 1 is 1.42 bits per heavy atom. The molecule has 1 aliphatic rings. The Labute approximate surface area is 153 Å². The molecule has 0 radical (unpaired) electrons. The van der Waals surface area contributed by atoms with Crippen LogP contribution in [0.25, 0.3) is 11.4 Å². The fourth-order valence-electron chi connectivity index (χ4n) is 3.18. The molecule has 2 unspecified atom stereocenters. The summed E-state index contributed by atoms with van der Waals surface area (Å²) in [6.45, 7) is 11.4. The summed E-state index contributed by atoms with van der Waals surface area (Å²) in [7, 11) is 0. The molecular weight excluding hydrogens is 330 g/mol. The van der Waals surface area contributed by atoms with Gasteiger partial charge >= 0.3 is 0 Å². The molecule has 7 nitrogen and oxygen atoms in total. The minimum atomic E-state index is -0.108. The number of nitrogens with zero attached hydrogens (tertiary/aromatic N) is 3. The zero-order chi connectivity index (χ0) is 18.7. The van der Waals surface area contributed by atoms with E-state index in [0.29, 0.717) is 23.5 Å². The summed E-state index contributed by atoms with van der Waals surface area (Å²) in [6.07, 6.45) is 1.73. The van der Waals surface area contributed by atoms with E-state index in [-0.39, 0.29) is 5.56 Å². The van der Waals surface area contributed by atoms with Crippen molar-refractivity contribution in [2.45, 2.75) is 39.8 Å². The number of ether oxygens (including phenoxy) is 1. The summed E-state index contributed by atoms with van der Waals surface area (Å²) in [4.78, 5) is 26.1. The lowest BCUT2D eigenvalue weighted by Gasteiger charge is -2.37. The van der Waals surface area contributed by atoms with E-state index in [1.165, 1.54) is 0 Å². The molecule has 1 saturated heterocycles. The number of anilines is 1. The average molecular weight is 357 g/mol. The third-order valence-electron chi connectivity index (χ3n) is 5.00. The average Bonchev–Trinajstić information content (AvgIpc) is 2.64. The van der Waals surface area contributed by atoms with Gasteiger partial charge in [0.1, 0.15) is 11.6 Å². The highest BCUT2D eigenvalue weighted by atomic mass is 16.5. The number of pyridine rings is 1. The summed E-state index contributed by atoms with van der Waals surface area (Å²) >= 11 is 0. The van der Waals surface area contributed by atoms with Crippen LogP contribution >= 0.6 is 0 Å². The molecule has 1 aliphatic heterocycles. The van der Waals surface area contributed by atoms with E-state index in [9.17, 15) is 4.79 Å². The Morgan fingerprint density at radius 2 is 2.23 bits per heavy atom. The van der Waals surface area contributed by atoms with Crippen molar-refractivity contribution in [1.29, 1.82) is 0 Å². The van der Waals surface area contributed by atoms with Gasteiger partial charge in [-0.15, -0.1) is 0 Å². The van der Waals surface area contributed by atoms with Crippen LogP contribution in [0.1, 0.15) is 25.1 Å². The standard InChI is InChI=1S/C19H27N5O2/c1-12(24-7-8-26-11-13(24)2)9-20-17-6-5-16(10-21-17)18-22-15(4)14(3)19(25)23-18/h5-6,10,12-13H,7-9,11H2,1-4H3,(H,20,21)(H,22,23,25). The molecule has 2 atom stereocenters. The molecule has 1 fully saturated rings. The van der Waals surface area contributed by atoms with Gasteiger partial charge in [0, 0.05) is 48.2 Å². The highest BCUT2D eigenvalue weighted by Gasteiger charge is 2.23. The number of hydrogen-bond acceptors (Lipinski definition) is 6. The summed E-state index contributed by atoms with van der Waals surface area (Å²) < 4.78 is 5.50. The second-order valence-corrected chi connectivity index (χ2v) is 6.95. The number of hydrogen-bond donors (Lipinski definition) is 2. The molecule has 0 aliphatic carbocycles. The smallest absolute Gasteiger partial charge is 0.254 e. The number of aromatic amines is 1. The van der Waals surface area contributed by atoms with Gasteiger partial charge in [0.15, 0.2) is 0 Å². The fraction of sp³-hybridized carbons (Fsp3) is 0.526. The van der Waals surface area contributed by atoms with Gasteiger partial charge in [-0.25, -0.2) is 9.97 Å². The van der Waals surface area contributed by atoms with Crippen molar-refractivity contribution in [3.05, 3.63) is 39.9 Å². The molecule has 0 bridgehead atoms. The van der Waals surface area contributed by atoms with Crippen LogP contribution < -0.4 is 10.9 Å². The van der Waals surface area contributed by atoms with Crippen molar-refractivity contribution in [3.63, 3.8) is 0 Å². The van der Waals surface area contributed by atoms with Crippen molar-refractivity contribution in [1.82, 2.24) is 19.9 Å². The first kappa shape index (κ1) is 18.5. The van der Waals surface area contributed by atoms with E-state index in [1.807, 2.05) is 19.1 Å². The molecule has 0 spiro atoms. The maximum absolute atomic E-state index is 11.9. The van der Waals surface area contributed by atoms with E-state index >= 15 is 0 Å². The summed E-state index contributed by atoms with van der Waals surface area (Å²) in [6, 6.07) is 4.67. The third kappa shape index (κ3) is 4.11. The Kier molecular flexibility index (Phi) is 5.68. The Balaban J connectivity index is 1.64. The third-order valence-corrected chi connectivity index (χ3v) is 5.00. The van der Waals surface area contributed by atoms with Crippen molar-refractivity contribution < 1.29 is 4.74 Å². The minimum Gasteiger partial charge on any atom is -0.379 e. The van der Waals surface area contributed by atoms with Crippen molar-refractivity contribution in [2.24, 2.45) is 0 Å². The highest BCUT2D eigenvalue weighted by Crippen LogP contribution is 2.16. The molecule has 26 heavy (non-hydrogen) atoms. The molecule has 3 heterocycles. The van der Waals surface area contributed by atoms with Crippen LogP contribution in [-0.2, 0) is 4.74 Å². The Morgan fingerprint density at radius 3 is 2.88 bits per heavy atom. The number of rotatable bonds is 5. The highest BCUT2D eigenvalue weighted by molar-refractivity contribution is 5.56. The first-order valence-corrected chi connectivity index (χ1v) is 9.07. The molecule has 140 valence electrons. The zero-order valence-electron chi connectivity index (χ0n) is 15.9. The maximum Gasteiger partial charge on any atom is 0.254 e. The number of nitrogens with one attached hydrogen (secondary N) is 2. The van der Waals surface area contributed by atoms with Gasteiger partial charge in [0.05, 0.1) is 13.2 Å². The molecule has 0 aromatic carbocycles. The number of H-pyrrole nitrogens is 1. The first-order valence-electron chi connectivity index (χ1n) is 9.07. The number of aryl methyl sites for hydroxylation is 1. The Hall–Kier alpha value is -2.25. The van der Waals surface area contributed by atoms with Gasteiger partial charge in [-0.05, 0) is 39.8 Å². The summed E-state index contributed by atoms with van der Waals surface area (Å²) in [5, 5.41) is 3.39. The topological polar surface area (TPSA) is 83.1 Å². The van der Waals surface area contributed by atoms with Gasteiger partial charge in [-0.3, -0.25) is 9.69 Å². The lowest BCUT2D eigenvalue weighted by atomic mass is 10.2. The van der Waals surface area contributed by atoms with Crippen LogP contribution in [0.2, 0.25) is 0 Å². The quantitative estimate of drug-likeness (QED) is 0.851. The summed E-state index contributed by atoms with van der Waals surface area (Å²) in [5.41, 5.74) is 2.07. The predicted octanol–water partition coefficient (Wildman–Crippen LogP) is 1.97. The molecule has 7 heteroatoms. The van der Waals surface area contributed by atoms with Crippen molar-refractivity contribution >= 4 is 5.82 Å². The lowest BCUT2D eigenvalue weighted by molar-refractivity contribution is -0.0159. The maximum atomic E-state index is 11.9. The summed E-state index contributed by atoms with van der Waals surface area (Å²) in [5.74, 6) is 1.36. The molecule has 0 amide bonds. The van der Waals surface area contributed by atoms with Crippen molar-refractivity contribution in [3.8, 4) is 11.4 Å². The number of morpholine rings is 1. The minimum absolute atomic E-state index is 0.108. The molecule has 2 aromatic heterocycles. The molecule has 2 aromatic rings. The van der Waals surface area contributed by atoms with Crippen LogP contribution in [0.3, 0.4) is 0 Å². The van der Waals surface area contributed by atoms with Gasteiger partial charge in [0.25, 0.3) is 5.56 Å². The zero-order valence-corrected chi connectivity index (χ0v) is 15.9. The number of aromatic nitrogens is 3. The van der Waals surface area contributed by atoms with Crippen molar-refractivity contribution in [2.75, 3.05) is 31.6 Å². The van der Waals surface area contributed by atoms with Gasteiger partial charge in [0.2, 0.25) is 0 Å². The normalized spacial score (nSPS) is 19.3. The monoisotopic (exact) mass is 357 g/mol. The fourth-order valence-corrected chi connectivity index (χ4v) is 3.18. The van der Waals surface area contributed by atoms with Crippen LogP contribution in [0.4, 0.5) is 5.82 Å². The second kappa shape index (κ2) is 7.97. The predicted molar refractivity (Wildman–Crippen MR) is 103 cm³/mol. The van der Waals surface area contributed by atoms with E-state index < -0.39 is 0 Å². The van der Waals surface area contributed by atoms with Crippen LogP contribution in [0, 0.1) is 13.8 Å². The molecule has 3 rings (SSSR count). The first-order chi connectivity index (χ1) is 12.5. The SMILES string of the molecule is Cc1nc(-c2ccc(NCC(C)N3CCOCC3C)nc2)[nH]c(=O)c1C. The molecule has 0 saturated carbocycles. The van der Waals surface area contributed by atoms with Gasteiger partial charge in [-0.2, -0.15) is 0 Å². The van der Waals surface area contributed by atoms with Crippen LogP contribution in [-0.4, -0.2) is 58.2 Å². The molecule has 2 N–H and O–H groups in total. The second-order valence-electron chi connectivity index (χ2n) is 6.95. The Bertz CT molecular complexity index is 803. The lowest BCUT2D eigenvalue weighted by Crippen LogP contribution is -2.50. The van der Waals surface area contributed by atoms with E-state index in [2.05, 4.69) is 39.0 Å². The van der Waals surface area contributed by atoms with E-state index in [4.69, 9.17) is 4.74 Å².